The van der Waals surface area contributed by atoms with E-state index in [2.05, 4.69) is 20.6 Å². The number of anilines is 1. The van der Waals surface area contributed by atoms with Crippen LogP contribution in [0, 0.1) is 0 Å². The van der Waals surface area contributed by atoms with E-state index in [-0.39, 0.29) is 11.9 Å². The summed E-state index contributed by atoms with van der Waals surface area (Å²) >= 11 is 0. The van der Waals surface area contributed by atoms with E-state index < -0.39 is 0 Å². The number of benzene rings is 2. The molecule has 0 bridgehead atoms. The summed E-state index contributed by atoms with van der Waals surface area (Å²) in [6, 6.07) is 15.3. The van der Waals surface area contributed by atoms with Gasteiger partial charge in [0, 0.05) is 24.2 Å². The summed E-state index contributed by atoms with van der Waals surface area (Å²) in [5.74, 6) is 0.916. The van der Waals surface area contributed by atoms with Crippen LogP contribution < -0.4 is 21.1 Å². The third-order valence-electron chi connectivity index (χ3n) is 6.15. The van der Waals surface area contributed by atoms with E-state index in [0.717, 1.165) is 53.8 Å². The molecule has 0 saturated carbocycles. The van der Waals surface area contributed by atoms with Crippen molar-refractivity contribution in [2.24, 2.45) is 0 Å². The quantitative estimate of drug-likeness (QED) is 0.407. The van der Waals surface area contributed by atoms with Gasteiger partial charge in [0.25, 0.3) is 5.91 Å². The van der Waals surface area contributed by atoms with Gasteiger partial charge in [-0.1, -0.05) is 30.3 Å². The summed E-state index contributed by atoms with van der Waals surface area (Å²) in [4.78, 5) is 21.2. The zero-order chi connectivity index (χ0) is 23.5. The van der Waals surface area contributed by atoms with Crippen LogP contribution in [0.15, 0.2) is 54.9 Å². The average Bonchev–Trinajstić information content (AvgIpc) is 3.29. The number of nitrogen functional groups attached to an aromatic ring is 1. The van der Waals surface area contributed by atoms with Crippen molar-refractivity contribution in [3.63, 3.8) is 0 Å². The molecule has 0 spiro atoms. The molecule has 2 aromatic carbocycles. The number of rotatable bonds is 6. The first-order valence-corrected chi connectivity index (χ1v) is 11.3. The second-order valence-corrected chi connectivity index (χ2v) is 8.36. The van der Waals surface area contributed by atoms with Crippen LogP contribution in [0.5, 0.6) is 5.75 Å². The highest BCUT2D eigenvalue weighted by molar-refractivity contribution is 5.98. The Hall–Kier alpha value is -3.98. The van der Waals surface area contributed by atoms with Crippen molar-refractivity contribution in [3.8, 4) is 17.0 Å². The topological polar surface area (TPSA) is 120 Å². The minimum atomic E-state index is -0.154. The zero-order valence-corrected chi connectivity index (χ0v) is 19.0. The van der Waals surface area contributed by atoms with E-state index in [1.54, 1.807) is 25.3 Å². The van der Waals surface area contributed by atoms with Gasteiger partial charge < -0.3 is 21.1 Å². The zero-order valence-electron chi connectivity index (χ0n) is 19.0. The first-order valence-electron chi connectivity index (χ1n) is 11.3. The Morgan fingerprint density at radius 3 is 2.85 bits per heavy atom. The molecule has 3 heterocycles. The summed E-state index contributed by atoms with van der Waals surface area (Å²) < 4.78 is 7.18. The van der Waals surface area contributed by atoms with Crippen molar-refractivity contribution >= 4 is 22.8 Å². The number of amides is 1. The van der Waals surface area contributed by atoms with Crippen LogP contribution in [-0.4, -0.2) is 45.9 Å². The van der Waals surface area contributed by atoms with Gasteiger partial charge >= 0.3 is 0 Å². The Kier molecular flexibility index (Phi) is 6.09. The number of carbonyl (C=O) groups excluding carboxylic acids is 1. The molecule has 1 saturated heterocycles. The van der Waals surface area contributed by atoms with Gasteiger partial charge in [0.15, 0.2) is 5.65 Å². The maximum atomic E-state index is 12.5. The second kappa shape index (κ2) is 9.48. The van der Waals surface area contributed by atoms with Gasteiger partial charge in [-0.05, 0) is 43.1 Å². The Labute approximate surface area is 197 Å². The van der Waals surface area contributed by atoms with Crippen LogP contribution in [-0.2, 0) is 6.54 Å². The maximum absolute atomic E-state index is 12.5. The van der Waals surface area contributed by atoms with Gasteiger partial charge in [0.05, 0.1) is 18.5 Å². The van der Waals surface area contributed by atoms with Crippen molar-refractivity contribution < 1.29 is 9.53 Å². The summed E-state index contributed by atoms with van der Waals surface area (Å²) in [6.07, 6.45) is 3.63. The normalized spacial score (nSPS) is 15.9. The molecule has 4 aromatic rings. The number of fused-ring (bicyclic) bond motifs is 1. The maximum Gasteiger partial charge on any atom is 0.251 e. The molecule has 1 fully saturated rings. The van der Waals surface area contributed by atoms with Crippen molar-refractivity contribution in [2.45, 2.75) is 25.4 Å². The molecule has 0 unspecified atom stereocenters. The largest absolute Gasteiger partial charge is 0.497 e. The van der Waals surface area contributed by atoms with Gasteiger partial charge in [-0.15, -0.1) is 0 Å². The molecule has 5 rings (SSSR count). The number of nitrogens with two attached hydrogens (primary N) is 1. The standard InChI is InChI=1S/C25H27N7O2/c1-34-20-6-2-4-18(12-20)25(33)28-13-16-7-9-17(10-8-16)22-21-23(26)29-15-30-24(21)32(31-22)19-5-3-11-27-14-19/h2,4,6-10,12,15,19,27H,3,5,11,13-14H2,1H3,(H,28,33)(H2,26,29,30)/t19-/m1/s1. The molecule has 0 radical (unpaired) electrons. The molecule has 2 aromatic heterocycles. The second-order valence-electron chi connectivity index (χ2n) is 8.36. The first-order chi connectivity index (χ1) is 16.6. The molecule has 174 valence electrons. The number of methoxy groups -OCH3 is 1. The van der Waals surface area contributed by atoms with Gasteiger partial charge in [-0.2, -0.15) is 5.10 Å². The smallest absolute Gasteiger partial charge is 0.251 e. The lowest BCUT2D eigenvalue weighted by Gasteiger charge is -2.23. The lowest BCUT2D eigenvalue weighted by Crippen LogP contribution is -2.32. The predicted octanol–water partition coefficient (Wildman–Crippen LogP) is 2.94. The van der Waals surface area contributed by atoms with Gasteiger partial charge in [0.1, 0.15) is 23.6 Å². The number of ether oxygens (including phenoxy) is 1. The molecular weight excluding hydrogens is 430 g/mol. The van der Waals surface area contributed by atoms with Crippen molar-refractivity contribution in [3.05, 3.63) is 66.0 Å². The molecule has 1 atom stereocenters. The van der Waals surface area contributed by atoms with Gasteiger partial charge in [0.2, 0.25) is 0 Å². The minimum Gasteiger partial charge on any atom is -0.497 e. The van der Waals surface area contributed by atoms with Crippen LogP contribution in [0.25, 0.3) is 22.3 Å². The Bertz CT molecular complexity index is 1310. The highest BCUT2D eigenvalue weighted by Crippen LogP contribution is 2.33. The lowest BCUT2D eigenvalue weighted by molar-refractivity contribution is 0.0950. The summed E-state index contributed by atoms with van der Waals surface area (Å²) in [6.45, 7) is 2.28. The molecule has 0 aliphatic carbocycles. The Morgan fingerprint density at radius 2 is 2.09 bits per heavy atom. The molecule has 4 N–H and O–H groups in total. The molecular formula is C25H27N7O2. The van der Waals surface area contributed by atoms with Gasteiger partial charge in [-0.3, -0.25) is 4.79 Å². The number of aromatic nitrogens is 4. The SMILES string of the molecule is COc1cccc(C(=O)NCc2ccc(-c3nn([C@@H]4CCCNC4)c4ncnc(N)c34)cc2)c1. The van der Waals surface area contributed by atoms with Crippen molar-refractivity contribution in [1.29, 1.82) is 0 Å². The van der Waals surface area contributed by atoms with Gasteiger partial charge in [-0.25, -0.2) is 14.6 Å². The minimum absolute atomic E-state index is 0.154. The molecule has 9 nitrogen and oxygen atoms in total. The van der Waals surface area contributed by atoms with E-state index >= 15 is 0 Å². The molecule has 1 aliphatic rings. The number of carbonyl (C=O) groups is 1. The molecule has 9 heteroatoms. The van der Waals surface area contributed by atoms with E-state index in [4.69, 9.17) is 15.6 Å². The van der Waals surface area contributed by atoms with E-state index in [1.807, 2.05) is 35.0 Å². The van der Waals surface area contributed by atoms with E-state index in [0.29, 0.717) is 23.7 Å². The fraction of sp³-hybridized carbons (Fsp3) is 0.280. The summed E-state index contributed by atoms with van der Waals surface area (Å²) in [7, 11) is 1.58. The predicted molar refractivity (Wildman–Crippen MR) is 130 cm³/mol. The number of hydrogen-bond acceptors (Lipinski definition) is 7. The molecule has 1 aliphatic heterocycles. The third-order valence-corrected chi connectivity index (χ3v) is 6.15. The highest BCUT2D eigenvalue weighted by Gasteiger charge is 2.23. The Balaban J connectivity index is 1.37. The lowest BCUT2D eigenvalue weighted by atomic mass is 10.1. The number of piperidine rings is 1. The van der Waals surface area contributed by atoms with Crippen LogP contribution in [0.3, 0.4) is 0 Å². The van der Waals surface area contributed by atoms with Crippen molar-refractivity contribution in [1.82, 2.24) is 30.4 Å². The average molecular weight is 458 g/mol. The fourth-order valence-electron chi connectivity index (χ4n) is 4.32. The number of hydrogen-bond donors (Lipinski definition) is 3. The molecule has 34 heavy (non-hydrogen) atoms. The van der Waals surface area contributed by atoms with Crippen LogP contribution >= 0.6 is 0 Å². The fourth-order valence-corrected chi connectivity index (χ4v) is 4.32. The van der Waals surface area contributed by atoms with Crippen LogP contribution in [0.4, 0.5) is 5.82 Å². The first kappa shape index (κ1) is 21.8. The monoisotopic (exact) mass is 457 g/mol. The summed E-state index contributed by atoms with van der Waals surface area (Å²) in [5.41, 5.74) is 10.2. The highest BCUT2D eigenvalue weighted by atomic mass is 16.5. The van der Waals surface area contributed by atoms with Crippen LogP contribution in [0.1, 0.15) is 34.8 Å². The molecule has 1 amide bonds. The number of nitrogens with zero attached hydrogens (tertiary/aromatic N) is 4. The van der Waals surface area contributed by atoms with E-state index in [9.17, 15) is 4.79 Å². The Morgan fingerprint density at radius 1 is 1.24 bits per heavy atom. The van der Waals surface area contributed by atoms with Crippen molar-refractivity contribution in [2.75, 3.05) is 25.9 Å². The summed E-state index contributed by atoms with van der Waals surface area (Å²) in [5, 5.41) is 12.1. The number of nitrogens with one attached hydrogen (secondary N) is 2. The van der Waals surface area contributed by atoms with E-state index in [1.165, 1.54) is 6.33 Å². The third kappa shape index (κ3) is 4.29. The van der Waals surface area contributed by atoms with Crippen LogP contribution in [0.2, 0.25) is 0 Å².